The van der Waals surface area contributed by atoms with Gasteiger partial charge < -0.3 is 10.2 Å². The van der Waals surface area contributed by atoms with Crippen molar-refractivity contribution in [2.75, 3.05) is 6.61 Å². The average molecular weight is 238 g/mol. The second-order valence-electron chi connectivity index (χ2n) is 5.94. The first kappa shape index (κ1) is 14.5. The van der Waals surface area contributed by atoms with Crippen LogP contribution in [-0.4, -0.2) is 22.9 Å². The fourth-order valence-corrected chi connectivity index (χ4v) is 3.18. The van der Waals surface area contributed by atoms with E-state index in [1.807, 2.05) is 19.9 Å². The van der Waals surface area contributed by atoms with Crippen molar-refractivity contribution in [2.24, 2.45) is 23.2 Å². The summed E-state index contributed by atoms with van der Waals surface area (Å²) in [6.45, 7) is 14.3. The molecule has 1 saturated carbocycles. The molecular weight excluding hydrogens is 212 g/mol. The van der Waals surface area contributed by atoms with Gasteiger partial charge in [-0.3, -0.25) is 0 Å². The molecule has 0 aromatic heterocycles. The average Bonchev–Trinajstić information content (AvgIpc) is 2.27. The lowest BCUT2D eigenvalue weighted by molar-refractivity contribution is -0.0303. The van der Waals surface area contributed by atoms with E-state index in [1.54, 1.807) is 0 Å². The number of aliphatic hydroxyl groups is 2. The molecule has 0 aromatic carbocycles. The molecule has 0 saturated heterocycles. The smallest absolute Gasteiger partial charge is 0.0580 e. The van der Waals surface area contributed by atoms with Crippen LogP contribution in [0.1, 0.15) is 33.6 Å². The molecule has 98 valence electrons. The molecule has 0 aliphatic heterocycles. The van der Waals surface area contributed by atoms with Crippen molar-refractivity contribution in [3.63, 3.8) is 0 Å². The molecule has 0 bridgehead atoms. The lowest BCUT2D eigenvalue weighted by Crippen LogP contribution is -2.44. The number of hydrogen-bond acceptors (Lipinski definition) is 2. The Morgan fingerprint density at radius 2 is 2.18 bits per heavy atom. The summed E-state index contributed by atoms with van der Waals surface area (Å²) in [5.74, 6) is 0.651. The van der Waals surface area contributed by atoms with E-state index in [4.69, 9.17) is 0 Å². The summed E-state index contributed by atoms with van der Waals surface area (Å²) in [6, 6.07) is 0. The third kappa shape index (κ3) is 2.80. The largest absolute Gasteiger partial charge is 0.396 e. The molecule has 2 heteroatoms. The van der Waals surface area contributed by atoms with Crippen LogP contribution in [-0.2, 0) is 0 Å². The van der Waals surface area contributed by atoms with Gasteiger partial charge in [-0.05, 0) is 42.9 Å². The van der Waals surface area contributed by atoms with Gasteiger partial charge in [0.25, 0.3) is 0 Å². The summed E-state index contributed by atoms with van der Waals surface area (Å²) in [4.78, 5) is 0. The molecular formula is C15H26O2. The van der Waals surface area contributed by atoms with Crippen molar-refractivity contribution in [1.29, 1.82) is 0 Å². The van der Waals surface area contributed by atoms with Gasteiger partial charge in [-0.1, -0.05) is 32.1 Å². The van der Waals surface area contributed by atoms with Crippen LogP contribution in [0.25, 0.3) is 0 Å². The summed E-state index contributed by atoms with van der Waals surface area (Å²) in [5, 5.41) is 19.5. The molecule has 1 rings (SSSR count). The van der Waals surface area contributed by atoms with E-state index < -0.39 is 0 Å². The first-order valence-corrected chi connectivity index (χ1v) is 6.43. The molecule has 2 N–H and O–H groups in total. The van der Waals surface area contributed by atoms with Crippen LogP contribution >= 0.6 is 0 Å². The molecule has 1 aliphatic carbocycles. The lowest BCUT2D eigenvalue weighted by atomic mass is 9.59. The minimum absolute atomic E-state index is 0.0725. The molecule has 2 nitrogen and oxygen atoms in total. The summed E-state index contributed by atoms with van der Waals surface area (Å²) in [6.07, 6.45) is 3.20. The monoisotopic (exact) mass is 238 g/mol. The molecule has 0 heterocycles. The van der Waals surface area contributed by atoms with Gasteiger partial charge in [0.05, 0.1) is 6.10 Å². The van der Waals surface area contributed by atoms with E-state index in [-0.39, 0.29) is 30.0 Å². The zero-order valence-electron chi connectivity index (χ0n) is 11.3. The van der Waals surface area contributed by atoms with Crippen molar-refractivity contribution in [3.8, 4) is 0 Å². The van der Waals surface area contributed by atoms with E-state index in [2.05, 4.69) is 20.1 Å². The number of allylic oxidation sites excluding steroid dienone is 2. The highest BCUT2D eigenvalue weighted by Crippen LogP contribution is 2.48. The summed E-state index contributed by atoms with van der Waals surface area (Å²) in [7, 11) is 0. The fourth-order valence-electron chi connectivity index (χ4n) is 3.18. The van der Waals surface area contributed by atoms with E-state index >= 15 is 0 Å². The first-order valence-electron chi connectivity index (χ1n) is 6.43. The lowest BCUT2D eigenvalue weighted by Gasteiger charge is -2.47. The summed E-state index contributed by atoms with van der Waals surface area (Å²) in [5.41, 5.74) is 1.08. The Balaban J connectivity index is 2.94. The normalized spacial score (nSPS) is 39.7. The van der Waals surface area contributed by atoms with Gasteiger partial charge in [0.1, 0.15) is 0 Å². The molecule has 0 amide bonds. The highest BCUT2D eigenvalue weighted by Gasteiger charge is 2.44. The molecule has 0 spiro atoms. The van der Waals surface area contributed by atoms with Gasteiger partial charge in [0, 0.05) is 6.61 Å². The van der Waals surface area contributed by atoms with Crippen LogP contribution in [0.3, 0.4) is 0 Å². The van der Waals surface area contributed by atoms with Gasteiger partial charge in [-0.15, -0.1) is 6.58 Å². The third-order valence-corrected chi connectivity index (χ3v) is 4.53. The molecule has 5 unspecified atom stereocenters. The predicted molar refractivity (Wildman–Crippen MR) is 71.6 cm³/mol. The Kier molecular flexibility index (Phi) is 4.56. The van der Waals surface area contributed by atoms with Crippen molar-refractivity contribution >= 4 is 0 Å². The Morgan fingerprint density at radius 3 is 2.59 bits per heavy atom. The predicted octanol–water partition coefficient (Wildman–Crippen LogP) is 2.77. The minimum atomic E-state index is -0.351. The topological polar surface area (TPSA) is 40.5 Å². The Labute approximate surface area is 105 Å². The summed E-state index contributed by atoms with van der Waals surface area (Å²) < 4.78 is 0. The van der Waals surface area contributed by atoms with Crippen molar-refractivity contribution in [3.05, 3.63) is 24.8 Å². The van der Waals surface area contributed by atoms with E-state index in [1.165, 1.54) is 0 Å². The van der Waals surface area contributed by atoms with Crippen LogP contribution in [0.15, 0.2) is 24.8 Å². The van der Waals surface area contributed by atoms with Gasteiger partial charge in [-0.2, -0.15) is 0 Å². The Morgan fingerprint density at radius 1 is 1.59 bits per heavy atom. The quantitative estimate of drug-likeness (QED) is 0.739. The highest BCUT2D eigenvalue weighted by molar-refractivity contribution is 5.13. The van der Waals surface area contributed by atoms with Crippen molar-refractivity contribution in [2.45, 2.75) is 39.7 Å². The number of aliphatic hydroxyl groups excluding tert-OH is 2. The second-order valence-corrected chi connectivity index (χ2v) is 5.94. The summed E-state index contributed by atoms with van der Waals surface area (Å²) >= 11 is 0. The highest BCUT2D eigenvalue weighted by atomic mass is 16.3. The van der Waals surface area contributed by atoms with Gasteiger partial charge in [0.15, 0.2) is 0 Å². The maximum Gasteiger partial charge on any atom is 0.0580 e. The Bertz CT molecular complexity index is 297. The minimum Gasteiger partial charge on any atom is -0.396 e. The zero-order valence-corrected chi connectivity index (χ0v) is 11.3. The van der Waals surface area contributed by atoms with Crippen LogP contribution in [0, 0.1) is 23.2 Å². The molecule has 0 radical (unpaired) electrons. The van der Waals surface area contributed by atoms with Crippen LogP contribution in [0.5, 0.6) is 0 Å². The molecule has 1 fully saturated rings. The number of rotatable bonds is 4. The fraction of sp³-hybridized carbons (Fsp3) is 0.733. The van der Waals surface area contributed by atoms with E-state index in [0.717, 1.165) is 12.0 Å². The third-order valence-electron chi connectivity index (χ3n) is 4.53. The van der Waals surface area contributed by atoms with Crippen molar-refractivity contribution in [1.82, 2.24) is 0 Å². The first-order chi connectivity index (χ1) is 7.85. The van der Waals surface area contributed by atoms with Crippen LogP contribution in [0.2, 0.25) is 0 Å². The van der Waals surface area contributed by atoms with E-state index in [9.17, 15) is 10.2 Å². The maximum absolute atomic E-state index is 10.2. The number of hydrogen-bond donors (Lipinski definition) is 2. The van der Waals surface area contributed by atoms with E-state index in [0.29, 0.717) is 12.3 Å². The van der Waals surface area contributed by atoms with Gasteiger partial charge in [-0.25, -0.2) is 0 Å². The van der Waals surface area contributed by atoms with Crippen LogP contribution < -0.4 is 0 Å². The molecule has 0 aromatic rings. The van der Waals surface area contributed by atoms with Gasteiger partial charge >= 0.3 is 0 Å². The van der Waals surface area contributed by atoms with Gasteiger partial charge in [0.2, 0.25) is 0 Å². The SMILES string of the molecule is C=CC1(C)CC(O)C(C(C)CO)CC1C(=C)C. The molecule has 5 atom stereocenters. The van der Waals surface area contributed by atoms with Crippen LogP contribution in [0.4, 0.5) is 0 Å². The maximum atomic E-state index is 10.2. The molecule has 1 aliphatic rings. The standard InChI is InChI=1S/C15H26O2/c1-6-15(5)8-14(17)12(11(4)9-16)7-13(15)10(2)3/h6,11-14,16-17H,1-2,7-9H2,3-5H3. The second kappa shape index (κ2) is 5.36. The Hall–Kier alpha value is -0.600. The van der Waals surface area contributed by atoms with Crippen molar-refractivity contribution < 1.29 is 10.2 Å². The zero-order chi connectivity index (χ0) is 13.2. The molecule has 17 heavy (non-hydrogen) atoms.